The topological polar surface area (TPSA) is 60.4 Å². The van der Waals surface area contributed by atoms with Crippen LogP contribution in [0, 0.1) is 0 Å². The number of benzene rings is 1. The Bertz CT molecular complexity index is 313. The summed E-state index contributed by atoms with van der Waals surface area (Å²) in [4.78, 5) is 10.4. The zero-order valence-corrected chi connectivity index (χ0v) is 9.37. The molecule has 0 saturated heterocycles. The largest absolute Gasteiger partial charge is 0.616 e. The first-order valence-corrected chi connectivity index (χ1v) is 6.10. The molecule has 2 atom stereocenters. The zero-order chi connectivity index (χ0) is 11.3. The molecule has 1 rings (SSSR count). The second-order valence-corrected chi connectivity index (χ2v) is 5.27. The fraction of sp³-hybridized carbons (Fsp3) is 0.364. The molecule has 2 unspecified atom stereocenters. The third-order valence-electron chi connectivity index (χ3n) is 2.06. The highest BCUT2D eigenvalue weighted by Crippen LogP contribution is 2.13. The molecule has 0 aliphatic heterocycles. The van der Waals surface area contributed by atoms with Gasteiger partial charge in [-0.3, -0.25) is 4.79 Å². The molecule has 0 aromatic heterocycles. The lowest BCUT2D eigenvalue weighted by Gasteiger charge is -2.16. The molecule has 0 amide bonds. The van der Waals surface area contributed by atoms with Gasteiger partial charge >= 0.3 is 5.97 Å². The lowest BCUT2D eigenvalue weighted by molar-refractivity contribution is -0.136. The zero-order valence-electron chi connectivity index (χ0n) is 8.55. The van der Waals surface area contributed by atoms with Gasteiger partial charge < -0.3 is 9.66 Å². The van der Waals surface area contributed by atoms with Crippen molar-refractivity contribution in [1.29, 1.82) is 0 Å². The first-order valence-electron chi connectivity index (χ1n) is 4.72. The molecule has 0 spiro atoms. The van der Waals surface area contributed by atoms with Crippen molar-refractivity contribution in [2.75, 3.05) is 0 Å². The molecular formula is C11H14O3S. The van der Waals surface area contributed by atoms with E-state index in [0.29, 0.717) is 5.75 Å². The van der Waals surface area contributed by atoms with Crippen LogP contribution in [-0.2, 0) is 21.7 Å². The smallest absolute Gasteiger partial charge is 0.308 e. The van der Waals surface area contributed by atoms with E-state index in [-0.39, 0.29) is 11.7 Å². The van der Waals surface area contributed by atoms with Crippen LogP contribution in [0.5, 0.6) is 0 Å². The van der Waals surface area contributed by atoms with Crippen molar-refractivity contribution < 1.29 is 14.5 Å². The highest BCUT2D eigenvalue weighted by molar-refractivity contribution is 7.91. The van der Waals surface area contributed by atoms with Gasteiger partial charge in [-0.1, -0.05) is 30.3 Å². The molecule has 82 valence electrons. The fourth-order valence-corrected chi connectivity index (χ4v) is 2.35. The van der Waals surface area contributed by atoms with Gasteiger partial charge in [0.2, 0.25) is 0 Å². The molecule has 3 nitrogen and oxygen atoms in total. The monoisotopic (exact) mass is 226 g/mol. The van der Waals surface area contributed by atoms with Gasteiger partial charge in [0.25, 0.3) is 0 Å². The summed E-state index contributed by atoms with van der Waals surface area (Å²) in [5, 5.41) is 8.26. The maximum atomic E-state index is 11.7. The summed E-state index contributed by atoms with van der Waals surface area (Å²) < 4.78 is 11.7. The second kappa shape index (κ2) is 5.78. The Labute approximate surface area is 92.3 Å². The van der Waals surface area contributed by atoms with E-state index in [1.165, 1.54) is 0 Å². The average molecular weight is 226 g/mol. The number of hydrogen-bond donors (Lipinski definition) is 1. The van der Waals surface area contributed by atoms with Gasteiger partial charge in [-0.15, -0.1) is 0 Å². The Morgan fingerprint density at radius 1 is 1.47 bits per heavy atom. The molecule has 4 heteroatoms. The molecule has 0 saturated carbocycles. The van der Waals surface area contributed by atoms with Crippen molar-refractivity contribution in [1.82, 2.24) is 0 Å². The number of carboxylic acids is 1. The minimum atomic E-state index is -1.12. The summed E-state index contributed by atoms with van der Waals surface area (Å²) in [5.74, 6) is -0.473. The number of rotatable bonds is 5. The predicted octanol–water partition coefficient (Wildman–Crippen LogP) is 1.80. The maximum absolute atomic E-state index is 11.7. The standard InChI is InChI=1S/C11H14O3S/c1-9(7-11(12)13)15(14)8-10-5-3-2-4-6-10/h2-6,9H,7-8H2,1H3,(H,12,13). The normalized spacial score (nSPS) is 14.5. The van der Waals surface area contributed by atoms with Crippen LogP contribution in [0.25, 0.3) is 0 Å². The third-order valence-corrected chi connectivity index (χ3v) is 3.74. The van der Waals surface area contributed by atoms with Gasteiger partial charge in [0.15, 0.2) is 0 Å². The number of hydrogen-bond acceptors (Lipinski definition) is 2. The van der Waals surface area contributed by atoms with E-state index in [2.05, 4.69) is 0 Å². The summed E-state index contributed by atoms with van der Waals surface area (Å²) in [6, 6.07) is 9.45. The molecular weight excluding hydrogens is 212 g/mol. The Kier molecular flexibility index (Phi) is 4.65. The Morgan fingerprint density at radius 3 is 2.60 bits per heavy atom. The molecule has 0 aliphatic rings. The minimum absolute atomic E-state index is 0.0422. The molecule has 15 heavy (non-hydrogen) atoms. The first kappa shape index (κ1) is 12.1. The van der Waals surface area contributed by atoms with Crippen molar-refractivity contribution in [2.45, 2.75) is 24.3 Å². The summed E-state index contributed by atoms with van der Waals surface area (Å²) in [6.45, 7) is 1.70. The number of carboxylic acid groups (broad SMARTS) is 1. The van der Waals surface area contributed by atoms with Crippen LogP contribution in [-0.4, -0.2) is 20.9 Å². The summed E-state index contributed by atoms with van der Waals surface area (Å²) in [6.07, 6.45) is -0.0422. The van der Waals surface area contributed by atoms with Crippen molar-refractivity contribution in [3.05, 3.63) is 35.9 Å². The fourth-order valence-electron chi connectivity index (χ4n) is 1.22. The Morgan fingerprint density at radius 2 is 2.07 bits per heavy atom. The lowest BCUT2D eigenvalue weighted by Crippen LogP contribution is -2.22. The van der Waals surface area contributed by atoms with Gasteiger partial charge in [-0.25, -0.2) is 0 Å². The molecule has 0 radical (unpaired) electrons. The average Bonchev–Trinajstić information content (AvgIpc) is 2.18. The van der Waals surface area contributed by atoms with E-state index in [1.54, 1.807) is 6.92 Å². The van der Waals surface area contributed by atoms with Crippen LogP contribution in [0.4, 0.5) is 0 Å². The lowest BCUT2D eigenvalue weighted by atomic mass is 10.2. The van der Waals surface area contributed by atoms with Crippen LogP contribution in [0.1, 0.15) is 18.9 Å². The van der Waals surface area contributed by atoms with Gasteiger partial charge in [0.05, 0.1) is 6.42 Å². The van der Waals surface area contributed by atoms with Crippen molar-refractivity contribution in [3.63, 3.8) is 0 Å². The third kappa shape index (κ3) is 4.36. The summed E-state index contributed by atoms with van der Waals surface area (Å²) >= 11 is -1.12. The van der Waals surface area contributed by atoms with Crippen LogP contribution in [0.2, 0.25) is 0 Å². The van der Waals surface area contributed by atoms with Crippen LogP contribution >= 0.6 is 0 Å². The van der Waals surface area contributed by atoms with E-state index in [4.69, 9.17) is 5.11 Å². The maximum Gasteiger partial charge on any atom is 0.308 e. The molecule has 1 aromatic rings. The van der Waals surface area contributed by atoms with Crippen molar-refractivity contribution in [2.24, 2.45) is 0 Å². The molecule has 0 bridgehead atoms. The SMILES string of the molecule is CC(CC(=O)O)[S+]([O-])Cc1ccccc1. The van der Waals surface area contributed by atoms with Crippen LogP contribution in [0.3, 0.4) is 0 Å². The van der Waals surface area contributed by atoms with Crippen molar-refractivity contribution in [3.8, 4) is 0 Å². The Hall–Kier alpha value is -1.00. The van der Waals surface area contributed by atoms with Crippen LogP contribution < -0.4 is 0 Å². The minimum Gasteiger partial charge on any atom is -0.616 e. The summed E-state index contributed by atoms with van der Waals surface area (Å²) in [5.41, 5.74) is 0.980. The Balaban J connectivity index is 2.48. The van der Waals surface area contributed by atoms with E-state index in [0.717, 1.165) is 5.56 Å². The quantitative estimate of drug-likeness (QED) is 0.779. The van der Waals surface area contributed by atoms with Gasteiger partial charge in [-0.2, -0.15) is 0 Å². The summed E-state index contributed by atoms with van der Waals surface area (Å²) in [7, 11) is 0. The van der Waals surface area contributed by atoms with Gasteiger partial charge in [0.1, 0.15) is 11.0 Å². The highest BCUT2D eigenvalue weighted by atomic mass is 32.2. The van der Waals surface area contributed by atoms with Crippen LogP contribution in [0.15, 0.2) is 30.3 Å². The molecule has 0 aliphatic carbocycles. The molecule has 0 fully saturated rings. The number of aliphatic carboxylic acids is 1. The second-order valence-electron chi connectivity index (χ2n) is 3.42. The predicted molar refractivity (Wildman–Crippen MR) is 60.0 cm³/mol. The molecule has 0 heterocycles. The van der Waals surface area contributed by atoms with E-state index in [1.807, 2.05) is 30.3 Å². The molecule has 1 aromatic carbocycles. The number of carbonyl (C=O) groups is 1. The van der Waals surface area contributed by atoms with Crippen molar-refractivity contribution >= 4 is 17.1 Å². The van der Waals surface area contributed by atoms with E-state index < -0.39 is 17.1 Å². The first-order chi connectivity index (χ1) is 7.09. The highest BCUT2D eigenvalue weighted by Gasteiger charge is 2.20. The van der Waals surface area contributed by atoms with Gasteiger partial charge in [0, 0.05) is 5.56 Å². The molecule has 1 N–H and O–H groups in total. The van der Waals surface area contributed by atoms with E-state index in [9.17, 15) is 9.35 Å². The van der Waals surface area contributed by atoms with E-state index >= 15 is 0 Å². The van der Waals surface area contributed by atoms with Gasteiger partial charge in [-0.05, 0) is 18.1 Å².